The van der Waals surface area contributed by atoms with Crippen molar-refractivity contribution in [1.29, 1.82) is 0 Å². The maximum atomic E-state index is 13.1. The molecule has 26 heavy (non-hydrogen) atoms. The number of carbonyl (C=O) groups is 1. The molecule has 0 aromatic heterocycles. The van der Waals surface area contributed by atoms with Crippen LogP contribution < -0.4 is 16.8 Å². The first kappa shape index (κ1) is 19.4. The average Bonchev–Trinajstić information content (AvgIpc) is 2.54. The molecule has 0 aliphatic heterocycles. The standard InChI is InChI=1S/C17H19FN4O3S/c1-3-10-8-14(21-12-6-4-11(18)5-7-12)15(26(2,24)25)9-13(10)16(23)22-17(19)20/h4-9,21H,3H2,1-2H3,(H4,19,20,22,23). The zero-order valence-electron chi connectivity index (χ0n) is 14.3. The van der Waals surface area contributed by atoms with Gasteiger partial charge in [0.1, 0.15) is 5.82 Å². The van der Waals surface area contributed by atoms with Crippen LogP contribution in [0.3, 0.4) is 0 Å². The first-order chi connectivity index (χ1) is 12.1. The van der Waals surface area contributed by atoms with E-state index in [1.807, 2.05) is 6.92 Å². The molecule has 0 spiro atoms. The number of carbonyl (C=O) groups excluding carboxylic acids is 1. The molecule has 2 aromatic rings. The van der Waals surface area contributed by atoms with Crippen LogP contribution in [-0.2, 0) is 16.3 Å². The molecule has 0 bridgehead atoms. The van der Waals surface area contributed by atoms with E-state index in [-0.39, 0.29) is 16.1 Å². The average molecular weight is 378 g/mol. The highest BCUT2D eigenvalue weighted by molar-refractivity contribution is 7.90. The van der Waals surface area contributed by atoms with Crippen LogP contribution in [0.5, 0.6) is 0 Å². The summed E-state index contributed by atoms with van der Waals surface area (Å²) in [5.41, 5.74) is 11.9. The van der Waals surface area contributed by atoms with Crippen LogP contribution in [0.4, 0.5) is 15.8 Å². The first-order valence-corrected chi connectivity index (χ1v) is 9.54. The lowest BCUT2D eigenvalue weighted by atomic mass is 10.0. The Balaban J connectivity index is 2.62. The van der Waals surface area contributed by atoms with Crippen LogP contribution in [0, 0.1) is 5.82 Å². The predicted octanol–water partition coefficient (Wildman–Crippen LogP) is 1.95. The summed E-state index contributed by atoms with van der Waals surface area (Å²) in [6, 6.07) is 8.25. The number of hydrogen-bond acceptors (Lipinski definition) is 4. The van der Waals surface area contributed by atoms with E-state index in [9.17, 15) is 17.6 Å². The van der Waals surface area contributed by atoms with Gasteiger partial charge in [-0.25, -0.2) is 12.8 Å². The first-order valence-electron chi connectivity index (χ1n) is 7.65. The van der Waals surface area contributed by atoms with E-state index in [1.54, 1.807) is 6.07 Å². The molecule has 0 atom stereocenters. The Morgan fingerprint density at radius 3 is 2.31 bits per heavy atom. The second-order valence-corrected chi connectivity index (χ2v) is 7.59. The lowest BCUT2D eigenvalue weighted by Crippen LogP contribution is -2.24. The second-order valence-electron chi connectivity index (χ2n) is 5.60. The van der Waals surface area contributed by atoms with E-state index in [4.69, 9.17) is 11.5 Å². The molecule has 0 heterocycles. The van der Waals surface area contributed by atoms with Gasteiger partial charge in [0.25, 0.3) is 5.91 Å². The Morgan fingerprint density at radius 2 is 1.81 bits per heavy atom. The summed E-state index contributed by atoms with van der Waals surface area (Å²) in [5, 5.41) is 2.95. The van der Waals surface area contributed by atoms with Gasteiger partial charge in [-0.2, -0.15) is 4.99 Å². The van der Waals surface area contributed by atoms with Gasteiger partial charge in [-0.3, -0.25) is 4.79 Å². The Hall–Kier alpha value is -2.94. The molecule has 138 valence electrons. The minimum atomic E-state index is -3.67. The van der Waals surface area contributed by atoms with Crippen molar-refractivity contribution < 1.29 is 17.6 Å². The van der Waals surface area contributed by atoms with Crippen molar-refractivity contribution in [3.63, 3.8) is 0 Å². The van der Waals surface area contributed by atoms with Crippen LogP contribution in [0.2, 0.25) is 0 Å². The molecule has 7 nitrogen and oxygen atoms in total. The molecule has 0 unspecified atom stereocenters. The highest BCUT2D eigenvalue weighted by Crippen LogP contribution is 2.29. The number of sulfone groups is 1. The van der Waals surface area contributed by atoms with Crippen molar-refractivity contribution in [2.24, 2.45) is 16.5 Å². The Morgan fingerprint density at radius 1 is 1.19 bits per heavy atom. The molecule has 9 heteroatoms. The Kier molecular flexibility index (Phi) is 5.61. The van der Waals surface area contributed by atoms with Gasteiger partial charge in [-0.05, 0) is 48.4 Å². The van der Waals surface area contributed by atoms with Gasteiger partial charge in [-0.1, -0.05) is 6.92 Å². The molecule has 0 aliphatic rings. The maximum absolute atomic E-state index is 13.1. The fraction of sp³-hybridized carbons (Fsp3) is 0.176. The third-order valence-electron chi connectivity index (χ3n) is 3.57. The van der Waals surface area contributed by atoms with Crippen molar-refractivity contribution in [1.82, 2.24) is 0 Å². The van der Waals surface area contributed by atoms with Gasteiger partial charge in [-0.15, -0.1) is 0 Å². The van der Waals surface area contributed by atoms with Crippen LogP contribution in [0.25, 0.3) is 0 Å². The molecule has 2 aromatic carbocycles. The van der Waals surface area contributed by atoms with Gasteiger partial charge >= 0.3 is 0 Å². The number of amides is 1. The second kappa shape index (κ2) is 7.52. The highest BCUT2D eigenvalue weighted by Gasteiger charge is 2.20. The van der Waals surface area contributed by atoms with Crippen LogP contribution in [0.15, 0.2) is 46.3 Å². The number of anilines is 2. The van der Waals surface area contributed by atoms with Gasteiger partial charge in [0.2, 0.25) is 0 Å². The van der Waals surface area contributed by atoms with Crippen LogP contribution in [0.1, 0.15) is 22.8 Å². The smallest absolute Gasteiger partial charge is 0.280 e. The van der Waals surface area contributed by atoms with Crippen molar-refractivity contribution >= 4 is 33.1 Å². The van der Waals surface area contributed by atoms with E-state index < -0.39 is 27.5 Å². The number of nitrogens with zero attached hydrogens (tertiary/aromatic N) is 1. The quantitative estimate of drug-likeness (QED) is 0.539. The lowest BCUT2D eigenvalue weighted by Gasteiger charge is -2.15. The number of nitrogens with two attached hydrogens (primary N) is 2. The monoisotopic (exact) mass is 378 g/mol. The Labute approximate surface area is 150 Å². The summed E-state index contributed by atoms with van der Waals surface area (Å²) in [5.74, 6) is -1.54. The van der Waals surface area contributed by atoms with Crippen molar-refractivity contribution in [2.75, 3.05) is 11.6 Å². The Bertz CT molecular complexity index is 966. The predicted molar refractivity (Wildman–Crippen MR) is 98.8 cm³/mol. The third kappa shape index (κ3) is 4.57. The van der Waals surface area contributed by atoms with E-state index in [0.29, 0.717) is 17.7 Å². The van der Waals surface area contributed by atoms with E-state index in [2.05, 4.69) is 10.3 Å². The summed E-state index contributed by atoms with van der Waals surface area (Å²) in [7, 11) is -3.67. The molecule has 2 rings (SSSR count). The number of halogens is 1. The molecule has 1 amide bonds. The molecular formula is C17H19FN4O3S. The number of guanidine groups is 1. The summed E-state index contributed by atoms with van der Waals surface area (Å²) in [4.78, 5) is 15.6. The van der Waals surface area contributed by atoms with Crippen molar-refractivity contribution in [3.8, 4) is 0 Å². The van der Waals surface area contributed by atoms with Gasteiger partial charge in [0.15, 0.2) is 15.8 Å². The van der Waals surface area contributed by atoms with Gasteiger partial charge < -0.3 is 16.8 Å². The molecule has 0 saturated carbocycles. The largest absolute Gasteiger partial charge is 0.370 e. The summed E-state index contributed by atoms with van der Waals surface area (Å²) >= 11 is 0. The number of nitrogens with one attached hydrogen (secondary N) is 1. The summed E-state index contributed by atoms with van der Waals surface area (Å²) < 4.78 is 37.5. The normalized spacial score (nSPS) is 11.0. The van der Waals surface area contributed by atoms with E-state index in [1.165, 1.54) is 30.3 Å². The lowest BCUT2D eigenvalue weighted by molar-refractivity contribution is 0.100. The minimum Gasteiger partial charge on any atom is -0.370 e. The zero-order chi connectivity index (χ0) is 19.5. The fourth-order valence-electron chi connectivity index (χ4n) is 2.39. The van der Waals surface area contributed by atoms with Crippen molar-refractivity contribution in [2.45, 2.75) is 18.2 Å². The maximum Gasteiger partial charge on any atom is 0.280 e. The third-order valence-corrected chi connectivity index (χ3v) is 4.71. The SMILES string of the molecule is CCc1cc(Nc2ccc(F)cc2)c(S(C)(=O)=O)cc1C(=O)N=C(N)N. The number of aryl methyl sites for hydroxylation is 1. The minimum absolute atomic E-state index is 0.0897. The fourth-order valence-corrected chi connectivity index (χ4v) is 3.23. The van der Waals surface area contributed by atoms with E-state index >= 15 is 0 Å². The van der Waals surface area contributed by atoms with Crippen molar-refractivity contribution in [3.05, 3.63) is 53.3 Å². The molecular weight excluding hydrogens is 359 g/mol. The molecule has 5 N–H and O–H groups in total. The van der Waals surface area contributed by atoms with Crippen LogP contribution in [-0.4, -0.2) is 26.5 Å². The number of aliphatic imine (C=N–C) groups is 1. The van der Waals surface area contributed by atoms with Gasteiger partial charge in [0.05, 0.1) is 10.6 Å². The topological polar surface area (TPSA) is 128 Å². The number of rotatable bonds is 5. The number of benzene rings is 2. The highest BCUT2D eigenvalue weighted by atomic mass is 32.2. The molecule has 0 fully saturated rings. The number of hydrogen-bond donors (Lipinski definition) is 3. The summed E-state index contributed by atoms with van der Waals surface area (Å²) in [6.07, 6.45) is 1.47. The molecule has 0 saturated heterocycles. The molecule has 0 radical (unpaired) electrons. The van der Waals surface area contributed by atoms with E-state index in [0.717, 1.165) is 6.26 Å². The summed E-state index contributed by atoms with van der Waals surface area (Å²) in [6.45, 7) is 1.81. The van der Waals surface area contributed by atoms with Crippen LogP contribution >= 0.6 is 0 Å². The molecule has 0 aliphatic carbocycles. The zero-order valence-corrected chi connectivity index (χ0v) is 15.1. The van der Waals surface area contributed by atoms with Gasteiger partial charge in [0, 0.05) is 17.5 Å².